The zero-order valence-electron chi connectivity index (χ0n) is 15.9. The Bertz CT molecular complexity index is 1180. The third-order valence-electron chi connectivity index (χ3n) is 4.06. The van der Waals surface area contributed by atoms with Gasteiger partial charge in [-0.05, 0) is 66.2 Å². The van der Waals surface area contributed by atoms with Crippen molar-refractivity contribution in [1.29, 1.82) is 5.26 Å². The summed E-state index contributed by atoms with van der Waals surface area (Å²) < 4.78 is 5.23. The highest BCUT2D eigenvalue weighted by atomic mass is 16.6. The van der Waals surface area contributed by atoms with E-state index in [0.717, 1.165) is 0 Å². The Kier molecular flexibility index (Phi) is 6.45. The van der Waals surface area contributed by atoms with E-state index >= 15 is 0 Å². The maximum absolute atomic E-state index is 12.1. The van der Waals surface area contributed by atoms with E-state index in [9.17, 15) is 19.7 Å². The third kappa shape index (κ3) is 5.58. The second-order valence-corrected chi connectivity index (χ2v) is 6.15. The fourth-order valence-electron chi connectivity index (χ4n) is 2.43. The Hall–Kier alpha value is -4.84. The van der Waals surface area contributed by atoms with Crippen LogP contribution in [-0.4, -0.2) is 23.0 Å². The number of nitrogens with zero attached hydrogens (tertiary/aromatic N) is 3. The fourth-order valence-corrected chi connectivity index (χ4v) is 2.43. The number of hydrazone groups is 1. The molecule has 3 aromatic rings. The van der Waals surface area contributed by atoms with Crippen molar-refractivity contribution in [2.45, 2.75) is 0 Å². The lowest BCUT2D eigenvalue weighted by Gasteiger charge is -2.04. The second kappa shape index (κ2) is 9.58. The predicted octanol–water partition coefficient (Wildman–Crippen LogP) is 3.45. The SMILES string of the molecule is N#Cc1ccc(C(=O)N/N=C\c2ccc(OC(=O)c3ccc([N+](=O)[O-])cc3)cc2)cc1. The smallest absolute Gasteiger partial charge is 0.343 e. The van der Waals surface area contributed by atoms with E-state index in [-0.39, 0.29) is 17.0 Å². The van der Waals surface area contributed by atoms with Crippen molar-refractivity contribution in [3.05, 3.63) is 105 Å². The van der Waals surface area contributed by atoms with Gasteiger partial charge in [0, 0.05) is 17.7 Å². The van der Waals surface area contributed by atoms with Gasteiger partial charge in [-0.2, -0.15) is 10.4 Å². The van der Waals surface area contributed by atoms with E-state index in [1.165, 1.54) is 54.7 Å². The van der Waals surface area contributed by atoms with Crippen LogP contribution >= 0.6 is 0 Å². The van der Waals surface area contributed by atoms with Crippen LogP contribution in [0.5, 0.6) is 5.75 Å². The van der Waals surface area contributed by atoms with Crippen LogP contribution in [0.2, 0.25) is 0 Å². The minimum atomic E-state index is -0.647. The molecule has 1 N–H and O–H groups in total. The van der Waals surface area contributed by atoms with Crippen molar-refractivity contribution < 1.29 is 19.2 Å². The predicted molar refractivity (Wildman–Crippen MR) is 111 cm³/mol. The number of ether oxygens (including phenoxy) is 1. The summed E-state index contributed by atoms with van der Waals surface area (Å²) in [5, 5.41) is 23.3. The minimum absolute atomic E-state index is 0.119. The summed E-state index contributed by atoms with van der Waals surface area (Å²) in [6, 6.07) is 19.5. The lowest BCUT2D eigenvalue weighted by atomic mass is 10.1. The zero-order chi connectivity index (χ0) is 22.2. The Balaban J connectivity index is 1.55. The lowest BCUT2D eigenvalue weighted by molar-refractivity contribution is -0.384. The van der Waals surface area contributed by atoms with Gasteiger partial charge in [-0.25, -0.2) is 10.2 Å². The highest BCUT2D eigenvalue weighted by Crippen LogP contribution is 2.16. The van der Waals surface area contributed by atoms with Crippen molar-refractivity contribution in [2.75, 3.05) is 0 Å². The van der Waals surface area contributed by atoms with Crippen LogP contribution in [-0.2, 0) is 0 Å². The molecule has 0 unspecified atom stereocenters. The van der Waals surface area contributed by atoms with E-state index < -0.39 is 16.8 Å². The number of nitro benzene ring substituents is 1. The number of carbonyl (C=O) groups is 2. The van der Waals surface area contributed by atoms with Gasteiger partial charge in [0.2, 0.25) is 0 Å². The minimum Gasteiger partial charge on any atom is -0.423 e. The first kappa shape index (κ1) is 20.9. The second-order valence-electron chi connectivity index (χ2n) is 6.15. The van der Waals surface area contributed by atoms with E-state index in [4.69, 9.17) is 10.00 Å². The molecule has 0 heterocycles. The molecular formula is C22H14N4O5. The number of hydrogen-bond acceptors (Lipinski definition) is 7. The van der Waals surface area contributed by atoms with Crippen molar-refractivity contribution in [3.63, 3.8) is 0 Å². The van der Waals surface area contributed by atoms with Crippen LogP contribution in [0.15, 0.2) is 77.9 Å². The number of amides is 1. The topological polar surface area (TPSA) is 135 Å². The molecule has 3 aromatic carbocycles. The first-order valence-electron chi connectivity index (χ1n) is 8.86. The molecule has 0 aliphatic rings. The molecule has 0 radical (unpaired) electrons. The molecule has 0 aliphatic carbocycles. The van der Waals surface area contributed by atoms with Gasteiger partial charge in [0.1, 0.15) is 5.75 Å². The van der Waals surface area contributed by atoms with E-state index in [1.807, 2.05) is 6.07 Å². The molecule has 1 amide bonds. The van der Waals surface area contributed by atoms with E-state index in [2.05, 4.69) is 10.5 Å². The van der Waals surface area contributed by atoms with Crippen molar-refractivity contribution in [2.24, 2.45) is 5.10 Å². The van der Waals surface area contributed by atoms with Gasteiger partial charge in [0.05, 0.1) is 28.3 Å². The first-order chi connectivity index (χ1) is 15.0. The van der Waals surface area contributed by atoms with E-state index in [1.54, 1.807) is 24.3 Å². The highest BCUT2D eigenvalue weighted by Gasteiger charge is 2.11. The quantitative estimate of drug-likeness (QED) is 0.216. The van der Waals surface area contributed by atoms with Gasteiger partial charge in [0.25, 0.3) is 11.6 Å². The molecule has 9 heteroatoms. The summed E-state index contributed by atoms with van der Waals surface area (Å²) in [6.07, 6.45) is 1.42. The average Bonchev–Trinajstić information content (AvgIpc) is 2.80. The fraction of sp³-hybridized carbons (Fsp3) is 0. The summed E-state index contributed by atoms with van der Waals surface area (Å²) in [7, 11) is 0. The van der Waals surface area contributed by atoms with Crippen LogP contribution in [0.25, 0.3) is 0 Å². The number of esters is 1. The zero-order valence-corrected chi connectivity index (χ0v) is 15.9. The molecule has 9 nitrogen and oxygen atoms in total. The number of benzene rings is 3. The van der Waals surface area contributed by atoms with Gasteiger partial charge in [-0.15, -0.1) is 0 Å². The number of nitriles is 1. The molecule has 0 spiro atoms. The summed E-state index contributed by atoms with van der Waals surface area (Å²) in [5.74, 6) is -0.789. The third-order valence-corrected chi connectivity index (χ3v) is 4.06. The Labute approximate surface area is 176 Å². The Morgan fingerprint density at radius 3 is 2.16 bits per heavy atom. The van der Waals surface area contributed by atoms with Crippen LogP contribution in [0.3, 0.4) is 0 Å². The highest BCUT2D eigenvalue weighted by molar-refractivity contribution is 5.95. The summed E-state index contributed by atoms with van der Waals surface area (Å²) in [6.45, 7) is 0. The lowest BCUT2D eigenvalue weighted by Crippen LogP contribution is -2.17. The molecule has 0 saturated carbocycles. The molecule has 0 atom stereocenters. The molecule has 0 aliphatic heterocycles. The number of carbonyl (C=O) groups excluding carboxylic acids is 2. The number of nitrogens with one attached hydrogen (secondary N) is 1. The van der Waals surface area contributed by atoms with Crippen molar-refractivity contribution in [3.8, 4) is 11.8 Å². The molecule has 3 rings (SSSR count). The van der Waals surface area contributed by atoms with Gasteiger partial charge >= 0.3 is 5.97 Å². The van der Waals surface area contributed by atoms with Gasteiger partial charge in [0.15, 0.2) is 0 Å². The standard InChI is InChI=1S/C22H14N4O5/c23-13-15-1-5-17(6-2-15)21(27)25-24-14-16-3-11-20(12-4-16)31-22(28)18-7-9-19(10-8-18)26(29)30/h1-12,14H,(H,25,27)/b24-14-. The molecule has 31 heavy (non-hydrogen) atoms. The van der Waals surface area contributed by atoms with Crippen molar-refractivity contribution in [1.82, 2.24) is 5.43 Å². The van der Waals surface area contributed by atoms with Crippen LogP contribution in [0.4, 0.5) is 5.69 Å². The Morgan fingerprint density at radius 1 is 0.968 bits per heavy atom. The number of nitro groups is 1. The normalized spacial score (nSPS) is 10.3. The largest absolute Gasteiger partial charge is 0.423 e. The van der Waals surface area contributed by atoms with Crippen LogP contribution < -0.4 is 10.2 Å². The summed E-state index contributed by atoms with van der Waals surface area (Å²) in [4.78, 5) is 34.2. The number of hydrogen-bond donors (Lipinski definition) is 1. The first-order valence-corrected chi connectivity index (χ1v) is 8.86. The molecular weight excluding hydrogens is 400 g/mol. The number of non-ortho nitro benzene ring substituents is 1. The number of rotatable bonds is 6. The maximum atomic E-state index is 12.1. The Morgan fingerprint density at radius 2 is 1.58 bits per heavy atom. The summed E-state index contributed by atoms with van der Waals surface area (Å²) >= 11 is 0. The molecule has 0 saturated heterocycles. The molecule has 152 valence electrons. The van der Waals surface area contributed by atoms with Crippen LogP contribution in [0.1, 0.15) is 31.8 Å². The molecule has 0 aromatic heterocycles. The van der Waals surface area contributed by atoms with Crippen LogP contribution in [0, 0.1) is 21.4 Å². The van der Waals surface area contributed by atoms with Gasteiger partial charge in [-0.1, -0.05) is 0 Å². The monoisotopic (exact) mass is 414 g/mol. The maximum Gasteiger partial charge on any atom is 0.343 e. The van der Waals surface area contributed by atoms with Crippen molar-refractivity contribution >= 4 is 23.8 Å². The average molecular weight is 414 g/mol. The van der Waals surface area contributed by atoms with E-state index in [0.29, 0.717) is 16.7 Å². The van der Waals surface area contributed by atoms with Gasteiger partial charge in [-0.3, -0.25) is 14.9 Å². The summed E-state index contributed by atoms with van der Waals surface area (Å²) in [5.41, 5.74) is 3.91. The van der Waals surface area contributed by atoms with Gasteiger partial charge < -0.3 is 4.74 Å². The molecule has 0 bridgehead atoms. The molecule has 0 fully saturated rings.